The summed E-state index contributed by atoms with van der Waals surface area (Å²) in [6.07, 6.45) is 3.34. The molecule has 2 heterocycles. The summed E-state index contributed by atoms with van der Waals surface area (Å²) in [4.78, 5) is 27.4. The predicted molar refractivity (Wildman–Crippen MR) is 137 cm³/mol. The fourth-order valence-corrected chi connectivity index (χ4v) is 5.46. The molecule has 2 fully saturated rings. The summed E-state index contributed by atoms with van der Waals surface area (Å²) in [5.74, 6) is 0.353. The Morgan fingerprint density at radius 1 is 1.27 bits per heavy atom. The summed E-state index contributed by atoms with van der Waals surface area (Å²) in [5.41, 5.74) is 0.908. The number of imidazole rings is 1. The average Bonchev–Trinajstić information content (AvgIpc) is 3.76. The van der Waals surface area contributed by atoms with E-state index in [2.05, 4.69) is 30.3 Å². The van der Waals surface area contributed by atoms with Crippen LogP contribution >= 0.6 is 11.6 Å². The highest BCUT2D eigenvalue weighted by Gasteiger charge is 2.37. The van der Waals surface area contributed by atoms with Gasteiger partial charge in [-0.2, -0.15) is 0 Å². The SMILES string of the molecule is C[C@@H](CNc1nccc(-c2nc(C3CC3)[nH]c2-c2cc(Cl)cc(NS(=O)(=O)C3CC3)c2F)n1)NC(=O)O. The predicted octanol–water partition coefficient (Wildman–Crippen LogP) is 4.18. The summed E-state index contributed by atoms with van der Waals surface area (Å²) < 4.78 is 43.0. The topological polar surface area (TPSA) is 162 Å². The van der Waals surface area contributed by atoms with Gasteiger partial charge in [0.15, 0.2) is 5.82 Å². The molecular formula is C23H25ClFN7O4S. The Kier molecular flexibility index (Phi) is 6.67. The van der Waals surface area contributed by atoms with Crippen LogP contribution in [0.4, 0.5) is 20.8 Å². The fourth-order valence-electron chi connectivity index (χ4n) is 3.86. The Hall–Kier alpha value is -3.45. The smallest absolute Gasteiger partial charge is 0.404 e. The number of sulfonamides is 1. The third-order valence-electron chi connectivity index (χ3n) is 6.04. The molecule has 1 aromatic carbocycles. The molecule has 0 spiro atoms. The standard InChI is InChI=1S/C23H25ClFN7O4S/c1-11(28-23(33)34)10-27-22-26-7-6-16(29-22)20-19(30-21(31-20)12-2-3-12)15-8-13(24)9-17(18(15)25)32-37(35,36)14-4-5-14/h6-9,11-12,14,28,32H,2-5,10H2,1H3,(H,30,31)(H,33,34)(H,26,27,29)/t11-/m0/s1. The van der Waals surface area contributed by atoms with Crippen molar-refractivity contribution in [1.82, 2.24) is 25.3 Å². The Morgan fingerprint density at radius 2 is 2.03 bits per heavy atom. The zero-order chi connectivity index (χ0) is 26.3. The van der Waals surface area contributed by atoms with Crippen molar-refractivity contribution in [2.45, 2.75) is 49.8 Å². The van der Waals surface area contributed by atoms with Crippen molar-refractivity contribution < 1.29 is 22.7 Å². The molecule has 2 saturated carbocycles. The van der Waals surface area contributed by atoms with Crippen LogP contribution in [0.15, 0.2) is 24.4 Å². The van der Waals surface area contributed by atoms with Gasteiger partial charge >= 0.3 is 6.09 Å². The Bertz CT molecular complexity index is 1460. The third-order valence-corrected chi connectivity index (χ3v) is 8.11. The number of amides is 1. The maximum Gasteiger partial charge on any atom is 0.404 e. The lowest BCUT2D eigenvalue weighted by atomic mass is 10.1. The molecule has 0 radical (unpaired) electrons. The van der Waals surface area contributed by atoms with E-state index in [4.69, 9.17) is 21.7 Å². The van der Waals surface area contributed by atoms with Gasteiger partial charge in [0.25, 0.3) is 0 Å². The molecule has 196 valence electrons. The number of aromatic amines is 1. The summed E-state index contributed by atoms with van der Waals surface area (Å²) in [6.45, 7) is 1.93. The Labute approximate surface area is 217 Å². The van der Waals surface area contributed by atoms with E-state index < -0.39 is 33.2 Å². The van der Waals surface area contributed by atoms with E-state index in [1.54, 1.807) is 13.0 Å². The number of aromatic nitrogens is 4. The number of benzene rings is 1. The molecule has 5 N–H and O–H groups in total. The van der Waals surface area contributed by atoms with E-state index in [9.17, 15) is 13.2 Å². The molecule has 2 aliphatic rings. The number of carbonyl (C=O) groups is 1. The largest absolute Gasteiger partial charge is 0.465 e. The van der Waals surface area contributed by atoms with E-state index in [-0.39, 0.29) is 34.7 Å². The number of rotatable bonds is 10. The van der Waals surface area contributed by atoms with Crippen LogP contribution in [-0.2, 0) is 10.0 Å². The minimum absolute atomic E-state index is 0.0581. The van der Waals surface area contributed by atoms with Crippen LogP contribution in [-0.4, -0.2) is 57.4 Å². The first kappa shape index (κ1) is 25.2. The van der Waals surface area contributed by atoms with Crippen LogP contribution in [0.5, 0.6) is 0 Å². The van der Waals surface area contributed by atoms with Crippen LogP contribution < -0.4 is 15.4 Å². The molecule has 5 rings (SSSR count). The number of halogens is 2. The van der Waals surface area contributed by atoms with Gasteiger partial charge in [-0.3, -0.25) is 4.72 Å². The molecule has 1 atom stereocenters. The molecule has 14 heteroatoms. The highest BCUT2D eigenvalue weighted by molar-refractivity contribution is 7.93. The first-order valence-electron chi connectivity index (χ1n) is 11.8. The second-order valence-corrected chi connectivity index (χ2v) is 11.7. The lowest BCUT2D eigenvalue weighted by Crippen LogP contribution is -2.36. The number of nitrogens with zero attached hydrogens (tertiary/aromatic N) is 3. The van der Waals surface area contributed by atoms with Crippen molar-refractivity contribution >= 4 is 39.4 Å². The maximum atomic E-state index is 15.7. The molecule has 0 bridgehead atoms. The Morgan fingerprint density at radius 3 is 2.70 bits per heavy atom. The first-order valence-corrected chi connectivity index (χ1v) is 13.7. The van der Waals surface area contributed by atoms with Crippen LogP contribution in [0.2, 0.25) is 5.02 Å². The van der Waals surface area contributed by atoms with Gasteiger partial charge in [0.05, 0.1) is 22.3 Å². The molecule has 1 amide bonds. The summed E-state index contributed by atoms with van der Waals surface area (Å²) in [5, 5.41) is 13.8. The average molecular weight is 550 g/mol. The molecule has 3 aromatic rings. The highest BCUT2D eigenvalue weighted by Crippen LogP contribution is 2.43. The molecule has 0 unspecified atom stereocenters. The zero-order valence-corrected chi connectivity index (χ0v) is 21.3. The van der Waals surface area contributed by atoms with Crippen molar-refractivity contribution in [1.29, 1.82) is 0 Å². The lowest BCUT2D eigenvalue weighted by Gasteiger charge is -2.13. The van der Waals surface area contributed by atoms with Crippen LogP contribution in [0.1, 0.15) is 44.3 Å². The molecule has 11 nitrogen and oxygen atoms in total. The number of carboxylic acid groups (broad SMARTS) is 1. The van der Waals surface area contributed by atoms with Gasteiger partial charge < -0.3 is 20.7 Å². The van der Waals surface area contributed by atoms with Gasteiger partial charge in [-0.25, -0.2) is 32.6 Å². The number of hydrogen-bond donors (Lipinski definition) is 5. The lowest BCUT2D eigenvalue weighted by molar-refractivity contribution is 0.191. The van der Waals surface area contributed by atoms with Crippen molar-refractivity contribution in [3.8, 4) is 22.6 Å². The highest BCUT2D eigenvalue weighted by atomic mass is 35.5. The second-order valence-electron chi connectivity index (χ2n) is 9.28. The van der Waals surface area contributed by atoms with Gasteiger partial charge in [0.1, 0.15) is 11.5 Å². The number of nitrogens with one attached hydrogen (secondary N) is 4. The molecule has 2 aliphatic carbocycles. The van der Waals surface area contributed by atoms with Crippen molar-refractivity contribution in [3.05, 3.63) is 41.1 Å². The van der Waals surface area contributed by atoms with E-state index >= 15 is 4.39 Å². The van der Waals surface area contributed by atoms with E-state index in [0.717, 1.165) is 12.8 Å². The maximum absolute atomic E-state index is 15.7. The molecule has 37 heavy (non-hydrogen) atoms. The third kappa shape index (κ3) is 5.77. The van der Waals surface area contributed by atoms with Crippen molar-refractivity contribution in [3.63, 3.8) is 0 Å². The minimum Gasteiger partial charge on any atom is -0.465 e. The Balaban J connectivity index is 1.51. The summed E-state index contributed by atoms with van der Waals surface area (Å²) in [6, 6.07) is 3.89. The van der Waals surface area contributed by atoms with Crippen LogP contribution in [0, 0.1) is 5.82 Å². The van der Waals surface area contributed by atoms with Crippen molar-refractivity contribution in [2.75, 3.05) is 16.6 Å². The molecular weight excluding hydrogens is 525 g/mol. The first-order chi connectivity index (χ1) is 17.6. The summed E-state index contributed by atoms with van der Waals surface area (Å²) in [7, 11) is -3.71. The van der Waals surface area contributed by atoms with Gasteiger partial charge in [-0.05, 0) is 50.8 Å². The monoisotopic (exact) mass is 549 g/mol. The van der Waals surface area contributed by atoms with Gasteiger partial charge in [-0.1, -0.05) is 11.6 Å². The normalized spacial score (nSPS) is 16.3. The van der Waals surface area contributed by atoms with E-state index in [1.807, 2.05) is 0 Å². The summed E-state index contributed by atoms with van der Waals surface area (Å²) >= 11 is 6.29. The number of H-pyrrole nitrogens is 1. The number of anilines is 2. The van der Waals surface area contributed by atoms with Gasteiger partial charge in [0, 0.05) is 35.3 Å². The fraction of sp³-hybridized carbons (Fsp3) is 0.391. The van der Waals surface area contributed by atoms with Gasteiger partial charge in [-0.15, -0.1) is 0 Å². The van der Waals surface area contributed by atoms with Crippen molar-refractivity contribution in [2.24, 2.45) is 0 Å². The second kappa shape index (κ2) is 9.78. The molecule has 0 aliphatic heterocycles. The van der Waals surface area contributed by atoms with E-state index in [1.165, 1.54) is 18.3 Å². The number of hydrogen-bond acceptors (Lipinski definition) is 7. The van der Waals surface area contributed by atoms with Gasteiger partial charge in [0.2, 0.25) is 16.0 Å². The zero-order valence-electron chi connectivity index (χ0n) is 19.8. The molecule has 0 saturated heterocycles. The molecule has 2 aromatic heterocycles. The quantitative estimate of drug-likeness (QED) is 0.251. The minimum atomic E-state index is -3.71. The van der Waals surface area contributed by atoms with Crippen LogP contribution in [0.25, 0.3) is 22.6 Å². The van der Waals surface area contributed by atoms with Crippen LogP contribution in [0.3, 0.4) is 0 Å². The van der Waals surface area contributed by atoms with E-state index in [0.29, 0.717) is 35.7 Å².